The van der Waals surface area contributed by atoms with Crippen molar-refractivity contribution in [2.75, 3.05) is 13.2 Å². The Morgan fingerprint density at radius 3 is 3.12 bits per heavy atom. The molecule has 0 saturated carbocycles. The van der Waals surface area contributed by atoms with Crippen molar-refractivity contribution >= 4 is 0 Å². The van der Waals surface area contributed by atoms with Gasteiger partial charge in [-0.1, -0.05) is 0 Å². The summed E-state index contributed by atoms with van der Waals surface area (Å²) in [6.07, 6.45) is 0.948. The van der Waals surface area contributed by atoms with E-state index in [-0.39, 0.29) is 12.7 Å². The van der Waals surface area contributed by atoms with E-state index in [1.54, 1.807) is 0 Å². The van der Waals surface area contributed by atoms with Crippen LogP contribution in [0, 0.1) is 5.92 Å². The molecule has 2 nitrogen and oxygen atoms in total. The van der Waals surface area contributed by atoms with Gasteiger partial charge in [-0.25, -0.2) is 0 Å². The van der Waals surface area contributed by atoms with Gasteiger partial charge in [-0.05, 0) is 12.8 Å². The lowest BCUT2D eigenvalue weighted by Crippen LogP contribution is -2.08. The first-order chi connectivity index (χ1) is 4.38. The predicted octanol–water partition coefficient (Wildman–Crippen LogP) is 0.769. The van der Waals surface area contributed by atoms with Crippen LogP contribution in [0.15, 0.2) is 0 Å². The first-order valence-corrected chi connectivity index (χ1v) is 3.03. The highest BCUT2D eigenvalue weighted by Crippen LogP contribution is 2.30. The van der Waals surface area contributed by atoms with Gasteiger partial charge in [-0.2, -0.15) is 0 Å². The van der Waals surface area contributed by atoms with Crippen LogP contribution in [-0.4, -0.2) is 19.5 Å². The molecule has 0 amide bonds. The van der Waals surface area contributed by atoms with Crippen LogP contribution in [0.3, 0.4) is 0 Å². The molecule has 0 N–H and O–H groups in total. The molecule has 46 valence electrons. The van der Waals surface area contributed by atoms with E-state index in [0.717, 1.165) is 13.0 Å². The summed E-state index contributed by atoms with van der Waals surface area (Å²) in [5, 5.41) is 0. The molecular formula is C6H10O2. The minimum atomic E-state index is -0.0347. The normalized spacial score (nSPS) is 56.0. The van der Waals surface area contributed by atoms with Crippen LogP contribution in [0.5, 0.6) is 0 Å². The third-order valence-electron chi connectivity index (χ3n) is 1.74. The Morgan fingerprint density at radius 1 is 1.38 bits per heavy atom. The third-order valence-corrected chi connectivity index (χ3v) is 1.74. The van der Waals surface area contributed by atoms with Crippen LogP contribution >= 0.6 is 0 Å². The minimum Gasteiger partial charge on any atom is -0.352 e. The Morgan fingerprint density at radius 2 is 2.25 bits per heavy atom. The molecule has 2 aliphatic rings. The molecule has 2 fully saturated rings. The Labute approximate surface area is 50.2 Å². The number of fused-ring (bicyclic) bond motifs is 1. The largest absolute Gasteiger partial charge is 0.352 e. The maximum absolute atomic E-state index is 7.45. The fraction of sp³-hybridized carbons (Fsp3) is 1.00. The molecule has 0 aliphatic carbocycles. The zero-order chi connectivity index (χ0) is 6.27. The molecule has 2 heterocycles. The zero-order valence-electron chi connectivity index (χ0n) is 5.67. The van der Waals surface area contributed by atoms with Crippen LogP contribution in [-0.2, 0) is 9.47 Å². The topological polar surface area (TPSA) is 18.5 Å². The van der Waals surface area contributed by atoms with Crippen molar-refractivity contribution < 1.29 is 10.8 Å². The fourth-order valence-corrected chi connectivity index (χ4v) is 1.25. The highest BCUT2D eigenvalue weighted by molar-refractivity contribution is 4.73. The van der Waals surface area contributed by atoms with Gasteiger partial charge in [0.2, 0.25) is 0 Å². The van der Waals surface area contributed by atoms with Crippen LogP contribution < -0.4 is 0 Å². The summed E-state index contributed by atoms with van der Waals surface area (Å²) in [5.74, 6) is 0.366. The SMILES string of the molecule is [2H][C@@H]1CO[C@H]2OCC[C@H]21. The molecule has 0 aromatic rings. The lowest BCUT2D eigenvalue weighted by atomic mass is 10.1. The maximum atomic E-state index is 7.45. The molecule has 2 rings (SSSR count). The summed E-state index contributed by atoms with van der Waals surface area (Å²) < 4.78 is 17.8. The lowest BCUT2D eigenvalue weighted by molar-refractivity contribution is -0.0904. The summed E-state index contributed by atoms with van der Waals surface area (Å²) in [6.45, 7) is 1.35. The van der Waals surface area contributed by atoms with Crippen molar-refractivity contribution in [3.8, 4) is 0 Å². The number of hydrogen-bond donors (Lipinski definition) is 0. The van der Waals surface area contributed by atoms with Gasteiger partial charge in [0.25, 0.3) is 0 Å². The average Bonchev–Trinajstić information content (AvgIpc) is 2.35. The van der Waals surface area contributed by atoms with E-state index >= 15 is 0 Å². The van der Waals surface area contributed by atoms with E-state index in [4.69, 9.17) is 10.8 Å². The molecule has 0 spiro atoms. The Bertz CT molecular complexity index is 118. The van der Waals surface area contributed by atoms with Crippen molar-refractivity contribution in [2.45, 2.75) is 19.1 Å². The van der Waals surface area contributed by atoms with Crippen molar-refractivity contribution in [2.24, 2.45) is 5.92 Å². The Balaban J connectivity index is 2.07. The molecule has 2 saturated heterocycles. The summed E-state index contributed by atoms with van der Waals surface area (Å²) in [5.41, 5.74) is 0. The van der Waals surface area contributed by atoms with E-state index in [1.165, 1.54) is 0 Å². The molecule has 0 bridgehead atoms. The molecule has 2 aliphatic heterocycles. The van der Waals surface area contributed by atoms with Crippen molar-refractivity contribution in [1.29, 1.82) is 0 Å². The predicted molar refractivity (Wildman–Crippen MR) is 28.4 cm³/mol. The first-order valence-electron chi connectivity index (χ1n) is 3.61. The number of rotatable bonds is 0. The van der Waals surface area contributed by atoms with Gasteiger partial charge in [-0.15, -0.1) is 0 Å². The standard InChI is InChI=1S/C6H10O2/c1-3-7-6-5(1)2-4-8-6/h5-6H,1-4H2/t5-,6+/i1D/t1-,5-,6+/m1/s1. The summed E-state index contributed by atoms with van der Waals surface area (Å²) in [6, 6.07) is 0. The molecular weight excluding hydrogens is 104 g/mol. The van der Waals surface area contributed by atoms with Gasteiger partial charge in [0, 0.05) is 7.29 Å². The average molecular weight is 115 g/mol. The smallest absolute Gasteiger partial charge is 0.160 e. The van der Waals surface area contributed by atoms with E-state index in [0.29, 0.717) is 12.5 Å². The molecule has 0 aromatic heterocycles. The van der Waals surface area contributed by atoms with E-state index < -0.39 is 0 Å². The summed E-state index contributed by atoms with van der Waals surface area (Å²) in [4.78, 5) is 0. The highest BCUT2D eigenvalue weighted by atomic mass is 16.7. The van der Waals surface area contributed by atoms with Gasteiger partial charge < -0.3 is 9.47 Å². The molecule has 2 heteroatoms. The molecule has 0 unspecified atom stereocenters. The summed E-state index contributed by atoms with van der Waals surface area (Å²) in [7, 11) is 0. The van der Waals surface area contributed by atoms with Crippen molar-refractivity contribution in [3.63, 3.8) is 0 Å². The van der Waals surface area contributed by atoms with E-state index in [9.17, 15) is 0 Å². The third kappa shape index (κ3) is 0.565. The second kappa shape index (κ2) is 1.71. The highest BCUT2D eigenvalue weighted by Gasteiger charge is 2.33. The van der Waals surface area contributed by atoms with Gasteiger partial charge in [0.1, 0.15) is 0 Å². The van der Waals surface area contributed by atoms with Crippen LogP contribution in [0.1, 0.15) is 14.2 Å². The molecule has 0 aromatic carbocycles. The number of ether oxygens (including phenoxy) is 2. The van der Waals surface area contributed by atoms with Gasteiger partial charge in [-0.3, -0.25) is 0 Å². The fourth-order valence-electron chi connectivity index (χ4n) is 1.25. The van der Waals surface area contributed by atoms with Crippen molar-refractivity contribution in [1.82, 2.24) is 0 Å². The molecule has 8 heavy (non-hydrogen) atoms. The number of hydrogen-bond acceptors (Lipinski definition) is 2. The monoisotopic (exact) mass is 115 g/mol. The van der Waals surface area contributed by atoms with Gasteiger partial charge >= 0.3 is 0 Å². The second-order valence-electron chi connectivity index (χ2n) is 2.26. The lowest BCUT2D eigenvalue weighted by Gasteiger charge is -2.03. The Kier molecular flexibility index (Phi) is 0.822. The van der Waals surface area contributed by atoms with E-state index in [2.05, 4.69) is 0 Å². The molecule has 3 atom stereocenters. The Hall–Kier alpha value is -0.0800. The minimum absolute atomic E-state index is 0.0301. The van der Waals surface area contributed by atoms with Crippen molar-refractivity contribution in [3.05, 3.63) is 0 Å². The van der Waals surface area contributed by atoms with Crippen LogP contribution in [0.25, 0.3) is 0 Å². The maximum Gasteiger partial charge on any atom is 0.160 e. The van der Waals surface area contributed by atoms with E-state index in [1.807, 2.05) is 0 Å². The molecule has 0 radical (unpaired) electrons. The van der Waals surface area contributed by atoms with Gasteiger partial charge in [0.05, 0.1) is 13.2 Å². The van der Waals surface area contributed by atoms with Gasteiger partial charge in [0.15, 0.2) is 6.29 Å². The first kappa shape index (κ1) is 3.85. The van der Waals surface area contributed by atoms with Crippen LogP contribution in [0.2, 0.25) is 0 Å². The summed E-state index contributed by atoms with van der Waals surface area (Å²) >= 11 is 0. The second-order valence-corrected chi connectivity index (χ2v) is 2.26. The van der Waals surface area contributed by atoms with Crippen LogP contribution in [0.4, 0.5) is 0 Å². The zero-order valence-corrected chi connectivity index (χ0v) is 4.67. The quantitative estimate of drug-likeness (QED) is 0.464.